The van der Waals surface area contributed by atoms with E-state index in [9.17, 15) is 4.79 Å². The van der Waals surface area contributed by atoms with E-state index in [4.69, 9.17) is 5.11 Å². The van der Waals surface area contributed by atoms with Gasteiger partial charge in [0.2, 0.25) is 0 Å². The lowest BCUT2D eigenvalue weighted by Crippen LogP contribution is -2.29. The first-order valence-corrected chi connectivity index (χ1v) is 6.38. The molecule has 2 fully saturated rings. The molecule has 2 heterocycles. The quantitative estimate of drug-likeness (QED) is 0.746. The average Bonchev–Trinajstić information content (AvgIpc) is 2.75. The van der Waals surface area contributed by atoms with Gasteiger partial charge in [-0.2, -0.15) is 11.8 Å². The Morgan fingerprint density at radius 3 is 3.00 bits per heavy atom. The third kappa shape index (κ3) is 2.42. The predicted molar refractivity (Wildman–Crippen MR) is 57.6 cm³/mol. The summed E-state index contributed by atoms with van der Waals surface area (Å²) in [4.78, 5) is 10.7. The van der Waals surface area contributed by atoms with E-state index in [-0.39, 0.29) is 6.04 Å². The Balaban J connectivity index is 1.75. The van der Waals surface area contributed by atoms with Gasteiger partial charge in [0.15, 0.2) is 0 Å². The van der Waals surface area contributed by atoms with Crippen LogP contribution >= 0.6 is 11.8 Å². The Bertz CT molecular complexity index is 216. The van der Waals surface area contributed by atoms with Crippen molar-refractivity contribution in [2.24, 2.45) is 5.92 Å². The van der Waals surface area contributed by atoms with Crippen molar-refractivity contribution in [3.63, 3.8) is 0 Å². The Kier molecular flexibility index (Phi) is 3.34. The molecular formula is C10H17NO2S. The molecule has 0 saturated carbocycles. The molecule has 0 aromatic rings. The molecule has 2 aliphatic rings. The van der Waals surface area contributed by atoms with Gasteiger partial charge < -0.3 is 10.4 Å². The maximum absolute atomic E-state index is 10.7. The molecule has 3 atom stereocenters. The van der Waals surface area contributed by atoms with Crippen molar-refractivity contribution in [1.29, 1.82) is 0 Å². The highest BCUT2D eigenvalue weighted by molar-refractivity contribution is 8.00. The van der Waals surface area contributed by atoms with E-state index < -0.39 is 5.97 Å². The van der Waals surface area contributed by atoms with Gasteiger partial charge in [-0.05, 0) is 43.9 Å². The van der Waals surface area contributed by atoms with Gasteiger partial charge in [0.25, 0.3) is 0 Å². The molecule has 0 aliphatic carbocycles. The van der Waals surface area contributed by atoms with E-state index in [1.165, 1.54) is 25.0 Å². The minimum atomic E-state index is -0.688. The zero-order chi connectivity index (χ0) is 9.97. The number of nitrogens with one attached hydrogen (secondary N) is 1. The summed E-state index contributed by atoms with van der Waals surface area (Å²) in [6, 6.07) is -0.286. The van der Waals surface area contributed by atoms with Gasteiger partial charge in [-0.1, -0.05) is 0 Å². The van der Waals surface area contributed by atoms with Crippen molar-refractivity contribution in [3.05, 3.63) is 0 Å². The van der Waals surface area contributed by atoms with Crippen molar-refractivity contribution in [3.8, 4) is 0 Å². The number of carboxylic acid groups (broad SMARTS) is 1. The van der Waals surface area contributed by atoms with Crippen molar-refractivity contribution in [1.82, 2.24) is 5.32 Å². The lowest BCUT2D eigenvalue weighted by Gasteiger charge is -2.13. The van der Waals surface area contributed by atoms with Gasteiger partial charge in [0.05, 0.1) is 0 Å². The molecule has 14 heavy (non-hydrogen) atoms. The molecule has 3 nitrogen and oxygen atoms in total. The zero-order valence-corrected chi connectivity index (χ0v) is 9.05. The van der Waals surface area contributed by atoms with E-state index >= 15 is 0 Å². The standard InChI is InChI=1S/C10H17NO2S/c12-10(13)9-5-7(6-11-9)4-8-2-1-3-14-8/h7-9,11H,1-6H2,(H,12,13). The summed E-state index contributed by atoms with van der Waals surface area (Å²) in [5.41, 5.74) is 0. The number of rotatable bonds is 3. The summed E-state index contributed by atoms with van der Waals surface area (Å²) < 4.78 is 0. The first kappa shape index (κ1) is 10.3. The number of hydrogen-bond acceptors (Lipinski definition) is 3. The molecule has 2 rings (SSSR count). The van der Waals surface area contributed by atoms with E-state index in [0.717, 1.165) is 18.2 Å². The zero-order valence-electron chi connectivity index (χ0n) is 8.24. The van der Waals surface area contributed by atoms with E-state index in [0.29, 0.717) is 5.92 Å². The molecular weight excluding hydrogens is 198 g/mol. The van der Waals surface area contributed by atoms with Gasteiger partial charge in [0, 0.05) is 5.25 Å². The van der Waals surface area contributed by atoms with Gasteiger partial charge in [0.1, 0.15) is 6.04 Å². The van der Waals surface area contributed by atoms with Gasteiger partial charge in [-0.25, -0.2) is 0 Å². The van der Waals surface area contributed by atoms with Crippen molar-refractivity contribution in [2.45, 2.75) is 37.0 Å². The minimum Gasteiger partial charge on any atom is -0.480 e. The molecule has 2 saturated heterocycles. The van der Waals surface area contributed by atoms with Crippen LogP contribution in [0.15, 0.2) is 0 Å². The van der Waals surface area contributed by atoms with Crippen LogP contribution in [0.4, 0.5) is 0 Å². The second kappa shape index (κ2) is 4.53. The van der Waals surface area contributed by atoms with Crippen LogP contribution in [0, 0.1) is 5.92 Å². The smallest absolute Gasteiger partial charge is 0.320 e. The molecule has 2 aliphatic heterocycles. The highest BCUT2D eigenvalue weighted by Crippen LogP contribution is 2.33. The number of hydrogen-bond donors (Lipinski definition) is 2. The highest BCUT2D eigenvalue weighted by Gasteiger charge is 2.31. The Labute approximate surface area is 88.6 Å². The Morgan fingerprint density at radius 2 is 2.43 bits per heavy atom. The van der Waals surface area contributed by atoms with E-state index in [2.05, 4.69) is 17.1 Å². The summed E-state index contributed by atoms with van der Waals surface area (Å²) in [5.74, 6) is 1.20. The molecule has 0 spiro atoms. The predicted octanol–water partition coefficient (Wildman–Crippen LogP) is 1.33. The molecule has 0 aromatic heterocycles. The number of carboxylic acids is 1. The molecule has 0 bridgehead atoms. The minimum absolute atomic E-state index is 0.286. The van der Waals surface area contributed by atoms with Crippen LogP contribution in [-0.2, 0) is 4.79 Å². The monoisotopic (exact) mass is 215 g/mol. The molecule has 3 unspecified atom stereocenters. The first-order valence-electron chi connectivity index (χ1n) is 5.33. The van der Waals surface area contributed by atoms with Crippen molar-refractivity contribution < 1.29 is 9.90 Å². The van der Waals surface area contributed by atoms with E-state index in [1.54, 1.807) is 0 Å². The van der Waals surface area contributed by atoms with Crippen LogP contribution in [0.25, 0.3) is 0 Å². The fourth-order valence-electron chi connectivity index (χ4n) is 2.38. The molecule has 4 heteroatoms. The van der Waals surface area contributed by atoms with Crippen LogP contribution in [0.2, 0.25) is 0 Å². The summed E-state index contributed by atoms with van der Waals surface area (Å²) in [7, 11) is 0. The Hall–Kier alpha value is -0.220. The molecule has 2 N–H and O–H groups in total. The molecule has 0 amide bonds. The summed E-state index contributed by atoms with van der Waals surface area (Å²) in [6.45, 7) is 0.897. The second-order valence-electron chi connectivity index (χ2n) is 4.27. The number of carbonyl (C=O) groups is 1. The SMILES string of the molecule is O=C(O)C1CC(CC2CCCS2)CN1. The van der Waals surface area contributed by atoms with Gasteiger partial charge >= 0.3 is 5.97 Å². The summed E-state index contributed by atoms with van der Waals surface area (Å²) >= 11 is 2.06. The van der Waals surface area contributed by atoms with Crippen molar-refractivity contribution >= 4 is 17.7 Å². The Morgan fingerprint density at radius 1 is 1.57 bits per heavy atom. The van der Waals surface area contributed by atoms with Crippen LogP contribution < -0.4 is 5.32 Å². The lowest BCUT2D eigenvalue weighted by molar-refractivity contribution is -0.139. The summed E-state index contributed by atoms with van der Waals surface area (Å²) in [6.07, 6.45) is 4.71. The molecule has 80 valence electrons. The largest absolute Gasteiger partial charge is 0.480 e. The maximum atomic E-state index is 10.7. The lowest BCUT2D eigenvalue weighted by atomic mass is 9.98. The fraction of sp³-hybridized carbons (Fsp3) is 0.900. The number of aliphatic carboxylic acids is 1. The van der Waals surface area contributed by atoms with Crippen LogP contribution in [-0.4, -0.2) is 34.7 Å². The first-order chi connectivity index (χ1) is 6.75. The molecule has 0 aromatic carbocycles. The number of thioether (sulfide) groups is 1. The maximum Gasteiger partial charge on any atom is 0.320 e. The van der Waals surface area contributed by atoms with E-state index in [1.807, 2.05) is 0 Å². The topological polar surface area (TPSA) is 49.3 Å². The molecule has 0 radical (unpaired) electrons. The van der Waals surface area contributed by atoms with Gasteiger partial charge in [-0.3, -0.25) is 4.79 Å². The normalized spacial score (nSPS) is 37.6. The third-order valence-corrected chi connectivity index (χ3v) is 4.56. The van der Waals surface area contributed by atoms with Crippen LogP contribution in [0.5, 0.6) is 0 Å². The second-order valence-corrected chi connectivity index (χ2v) is 5.68. The fourth-order valence-corrected chi connectivity index (χ4v) is 3.79. The van der Waals surface area contributed by atoms with Crippen LogP contribution in [0.3, 0.4) is 0 Å². The summed E-state index contributed by atoms with van der Waals surface area (Å²) in [5, 5.41) is 12.7. The highest BCUT2D eigenvalue weighted by atomic mass is 32.2. The average molecular weight is 215 g/mol. The van der Waals surface area contributed by atoms with Gasteiger partial charge in [-0.15, -0.1) is 0 Å². The van der Waals surface area contributed by atoms with Crippen LogP contribution in [0.1, 0.15) is 25.7 Å². The van der Waals surface area contributed by atoms with Crippen molar-refractivity contribution in [2.75, 3.05) is 12.3 Å². The third-order valence-electron chi connectivity index (χ3n) is 3.14.